The molecule has 1 fully saturated rings. The van der Waals surface area contributed by atoms with Crippen molar-refractivity contribution in [3.63, 3.8) is 0 Å². The van der Waals surface area contributed by atoms with E-state index >= 15 is 0 Å². The molecule has 3 heteroatoms. The Morgan fingerprint density at radius 3 is 2.89 bits per heavy atom. The smallest absolute Gasteiger partial charge is 0.129 e. The number of hydrogen-bond donors (Lipinski definition) is 1. The maximum absolute atomic E-state index is 5.34. The number of thiophene rings is 1. The van der Waals surface area contributed by atoms with Crippen LogP contribution in [0.15, 0.2) is 11.4 Å². The van der Waals surface area contributed by atoms with Gasteiger partial charge in [-0.1, -0.05) is 33.1 Å². The second kappa shape index (κ2) is 7.30. The summed E-state index contributed by atoms with van der Waals surface area (Å²) in [7, 11) is 1.75. The van der Waals surface area contributed by atoms with Gasteiger partial charge in [-0.3, -0.25) is 0 Å². The largest absolute Gasteiger partial charge is 0.496 e. The first-order valence-electron chi connectivity index (χ1n) is 7.64. The third kappa shape index (κ3) is 3.73. The lowest BCUT2D eigenvalue weighted by atomic mass is 9.76. The lowest BCUT2D eigenvalue weighted by Gasteiger charge is -2.34. The SMILES string of the molecule is CCNC(c1cc(OC)cs1)C1CCCC(CC)C1. The van der Waals surface area contributed by atoms with E-state index in [0.29, 0.717) is 6.04 Å². The van der Waals surface area contributed by atoms with Crippen LogP contribution in [0.5, 0.6) is 5.75 Å². The van der Waals surface area contributed by atoms with Crippen molar-refractivity contribution in [2.75, 3.05) is 13.7 Å². The van der Waals surface area contributed by atoms with Crippen LogP contribution in [-0.2, 0) is 0 Å². The van der Waals surface area contributed by atoms with Gasteiger partial charge >= 0.3 is 0 Å². The highest BCUT2D eigenvalue weighted by atomic mass is 32.1. The number of ether oxygens (including phenoxy) is 1. The molecule has 0 spiro atoms. The third-order valence-corrected chi connectivity index (χ3v) is 5.43. The molecule has 3 unspecified atom stereocenters. The monoisotopic (exact) mass is 281 g/mol. The Bertz CT molecular complexity index is 377. The van der Waals surface area contributed by atoms with Crippen LogP contribution >= 0.6 is 11.3 Å². The molecule has 2 nitrogen and oxygen atoms in total. The van der Waals surface area contributed by atoms with Crippen LogP contribution in [0.1, 0.15) is 56.9 Å². The first kappa shape index (κ1) is 14.9. The summed E-state index contributed by atoms with van der Waals surface area (Å²) in [4.78, 5) is 1.44. The number of rotatable bonds is 6. The highest BCUT2D eigenvalue weighted by Crippen LogP contribution is 2.40. The highest BCUT2D eigenvalue weighted by molar-refractivity contribution is 7.10. The lowest BCUT2D eigenvalue weighted by molar-refractivity contribution is 0.212. The highest BCUT2D eigenvalue weighted by Gasteiger charge is 2.29. The van der Waals surface area contributed by atoms with Gasteiger partial charge in [-0.2, -0.15) is 0 Å². The number of nitrogens with one attached hydrogen (secondary N) is 1. The molecule has 0 aromatic carbocycles. The lowest BCUT2D eigenvalue weighted by Crippen LogP contribution is -2.31. The van der Waals surface area contributed by atoms with Crippen LogP contribution in [0.25, 0.3) is 0 Å². The molecule has 0 aliphatic heterocycles. The molecule has 108 valence electrons. The summed E-state index contributed by atoms with van der Waals surface area (Å²) in [5.74, 6) is 2.73. The van der Waals surface area contributed by atoms with E-state index in [1.54, 1.807) is 7.11 Å². The molecule has 0 radical (unpaired) electrons. The fraction of sp³-hybridized carbons (Fsp3) is 0.750. The van der Waals surface area contributed by atoms with E-state index in [2.05, 4.69) is 30.6 Å². The van der Waals surface area contributed by atoms with Gasteiger partial charge in [-0.25, -0.2) is 0 Å². The van der Waals surface area contributed by atoms with E-state index in [9.17, 15) is 0 Å². The number of hydrogen-bond acceptors (Lipinski definition) is 3. The van der Waals surface area contributed by atoms with Gasteiger partial charge in [0.1, 0.15) is 5.75 Å². The predicted octanol–water partition coefficient (Wildman–Crippen LogP) is 4.62. The van der Waals surface area contributed by atoms with Crippen LogP contribution < -0.4 is 10.1 Å². The van der Waals surface area contributed by atoms with Crippen LogP contribution in [-0.4, -0.2) is 13.7 Å². The molecule has 0 bridgehead atoms. The zero-order valence-corrected chi connectivity index (χ0v) is 13.3. The van der Waals surface area contributed by atoms with Crippen LogP contribution in [0.4, 0.5) is 0 Å². The Labute approximate surface area is 121 Å². The summed E-state index contributed by atoms with van der Waals surface area (Å²) < 4.78 is 5.34. The second-order valence-electron chi connectivity index (χ2n) is 5.63. The maximum atomic E-state index is 5.34. The molecule has 2 rings (SSSR count). The Morgan fingerprint density at radius 1 is 1.42 bits per heavy atom. The van der Waals surface area contributed by atoms with Crippen LogP contribution in [0.2, 0.25) is 0 Å². The van der Waals surface area contributed by atoms with Crippen molar-refractivity contribution in [3.8, 4) is 5.75 Å². The van der Waals surface area contributed by atoms with Crippen molar-refractivity contribution in [1.29, 1.82) is 0 Å². The normalized spacial score (nSPS) is 25.2. The zero-order chi connectivity index (χ0) is 13.7. The van der Waals surface area contributed by atoms with Gasteiger partial charge in [0, 0.05) is 16.3 Å². The number of methoxy groups -OCH3 is 1. The first-order chi connectivity index (χ1) is 9.28. The van der Waals surface area contributed by atoms with Crippen molar-refractivity contribution in [3.05, 3.63) is 16.3 Å². The predicted molar refractivity (Wildman–Crippen MR) is 83.0 cm³/mol. The minimum atomic E-state index is 0.522. The van der Waals surface area contributed by atoms with Gasteiger partial charge in [0.2, 0.25) is 0 Å². The average molecular weight is 281 g/mol. The van der Waals surface area contributed by atoms with Gasteiger partial charge < -0.3 is 10.1 Å². The molecule has 1 heterocycles. The van der Waals surface area contributed by atoms with E-state index in [4.69, 9.17) is 4.74 Å². The molecule has 1 aliphatic rings. The summed E-state index contributed by atoms with van der Waals surface area (Å²) in [5, 5.41) is 5.83. The zero-order valence-electron chi connectivity index (χ0n) is 12.4. The van der Waals surface area contributed by atoms with Gasteiger partial charge in [-0.15, -0.1) is 11.3 Å². The van der Waals surface area contributed by atoms with Gasteiger partial charge in [0.15, 0.2) is 0 Å². The van der Waals surface area contributed by atoms with E-state index in [1.165, 1.54) is 37.0 Å². The van der Waals surface area contributed by atoms with Gasteiger partial charge in [-0.05, 0) is 37.3 Å². The Balaban J connectivity index is 2.10. The van der Waals surface area contributed by atoms with E-state index < -0.39 is 0 Å². The minimum Gasteiger partial charge on any atom is -0.496 e. The standard InChI is InChI=1S/C16H27NOS/c1-4-12-7-6-8-13(9-12)16(17-5-2)15-10-14(18-3)11-19-15/h10-13,16-17H,4-9H2,1-3H3. The molecule has 1 saturated carbocycles. The molecule has 1 aliphatic carbocycles. The van der Waals surface area contributed by atoms with Crippen LogP contribution in [0.3, 0.4) is 0 Å². The summed E-state index contributed by atoms with van der Waals surface area (Å²) in [5.41, 5.74) is 0. The Hall–Kier alpha value is -0.540. The molecular formula is C16H27NOS. The first-order valence-corrected chi connectivity index (χ1v) is 8.52. The Morgan fingerprint density at radius 2 is 2.26 bits per heavy atom. The average Bonchev–Trinajstić information content (AvgIpc) is 2.93. The van der Waals surface area contributed by atoms with Crippen molar-refractivity contribution in [1.82, 2.24) is 5.32 Å². The van der Waals surface area contributed by atoms with Crippen LogP contribution in [0, 0.1) is 11.8 Å². The van der Waals surface area contributed by atoms with Crippen molar-refractivity contribution in [2.24, 2.45) is 11.8 Å². The van der Waals surface area contributed by atoms with E-state index in [-0.39, 0.29) is 0 Å². The van der Waals surface area contributed by atoms with Crippen molar-refractivity contribution >= 4 is 11.3 Å². The molecule has 0 saturated heterocycles. The summed E-state index contributed by atoms with van der Waals surface area (Å²) in [6.45, 7) is 5.58. The summed E-state index contributed by atoms with van der Waals surface area (Å²) >= 11 is 1.84. The van der Waals surface area contributed by atoms with E-state index in [1.807, 2.05) is 11.3 Å². The van der Waals surface area contributed by atoms with E-state index in [0.717, 1.165) is 24.1 Å². The molecule has 1 N–H and O–H groups in total. The quantitative estimate of drug-likeness (QED) is 0.821. The van der Waals surface area contributed by atoms with Gasteiger partial charge in [0.05, 0.1) is 7.11 Å². The second-order valence-corrected chi connectivity index (χ2v) is 6.57. The molecule has 3 atom stereocenters. The fourth-order valence-corrected chi connectivity index (χ4v) is 4.35. The molecule has 0 amide bonds. The third-order valence-electron chi connectivity index (χ3n) is 4.43. The van der Waals surface area contributed by atoms with Crippen molar-refractivity contribution < 1.29 is 4.74 Å². The topological polar surface area (TPSA) is 21.3 Å². The van der Waals surface area contributed by atoms with Crippen molar-refractivity contribution in [2.45, 2.75) is 52.0 Å². The minimum absolute atomic E-state index is 0.522. The maximum Gasteiger partial charge on any atom is 0.129 e. The molecule has 1 aromatic rings. The molecule has 1 aromatic heterocycles. The fourth-order valence-electron chi connectivity index (χ4n) is 3.33. The summed E-state index contributed by atoms with van der Waals surface area (Å²) in [6, 6.07) is 2.74. The molecule has 19 heavy (non-hydrogen) atoms. The summed E-state index contributed by atoms with van der Waals surface area (Å²) in [6.07, 6.45) is 6.92. The molecular weight excluding hydrogens is 254 g/mol. The Kier molecular flexibility index (Phi) is 5.71. The van der Waals surface area contributed by atoms with Gasteiger partial charge in [0.25, 0.3) is 0 Å².